The van der Waals surface area contributed by atoms with Crippen LogP contribution in [0.1, 0.15) is 16.1 Å². The van der Waals surface area contributed by atoms with Crippen molar-refractivity contribution < 1.29 is 14.7 Å². The summed E-state index contributed by atoms with van der Waals surface area (Å²) >= 11 is 0. The summed E-state index contributed by atoms with van der Waals surface area (Å²) in [7, 11) is 0. The van der Waals surface area contributed by atoms with Crippen LogP contribution >= 0.6 is 0 Å². The van der Waals surface area contributed by atoms with E-state index in [1.54, 1.807) is 19.1 Å². The molecule has 1 aromatic rings. The van der Waals surface area contributed by atoms with E-state index in [1.807, 2.05) is 0 Å². The predicted molar refractivity (Wildman–Crippen MR) is 57.3 cm³/mol. The number of carboxylic acid groups (broad SMARTS) is 1. The number of aromatic nitrogens is 1. The number of carbonyl (C=O) groups excluding carboxylic acids is 1. The van der Waals surface area contributed by atoms with Crippen LogP contribution in [0.15, 0.2) is 18.3 Å². The first kappa shape index (κ1) is 12.0. The molecule has 0 aliphatic carbocycles. The van der Waals surface area contributed by atoms with Gasteiger partial charge in [0.1, 0.15) is 5.69 Å². The summed E-state index contributed by atoms with van der Waals surface area (Å²) in [6.45, 7) is 2.20. The Morgan fingerprint density at radius 3 is 2.69 bits per heavy atom. The minimum absolute atomic E-state index is 0.174. The lowest BCUT2D eigenvalue weighted by Gasteiger charge is -2.06. The summed E-state index contributed by atoms with van der Waals surface area (Å²) in [6.07, 6.45) is 0.431. The first-order valence-corrected chi connectivity index (χ1v) is 4.78. The number of nitrogens with one attached hydrogen (secondary N) is 2. The lowest BCUT2D eigenvalue weighted by Crippen LogP contribution is -2.34. The zero-order valence-corrected chi connectivity index (χ0v) is 8.86. The smallest absolute Gasteiger partial charge is 0.404 e. The molecule has 0 saturated heterocycles. The summed E-state index contributed by atoms with van der Waals surface area (Å²) in [5.41, 5.74) is 1.14. The van der Waals surface area contributed by atoms with Crippen molar-refractivity contribution in [3.63, 3.8) is 0 Å². The number of aryl methyl sites for hydroxylation is 1. The number of rotatable bonds is 4. The van der Waals surface area contributed by atoms with Gasteiger partial charge in [-0.05, 0) is 18.6 Å². The monoisotopic (exact) mass is 223 g/mol. The van der Waals surface area contributed by atoms with Crippen molar-refractivity contribution in [2.75, 3.05) is 13.1 Å². The minimum atomic E-state index is -1.11. The van der Waals surface area contributed by atoms with Crippen LogP contribution in [-0.2, 0) is 0 Å². The molecule has 0 aliphatic rings. The van der Waals surface area contributed by atoms with Crippen LogP contribution in [0.5, 0.6) is 0 Å². The Morgan fingerprint density at radius 1 is 1.38 bits per heavy atom. The second-order valence-electron chi connectivity index (χ2n) is 3.16. The molecule has 0 radical (unpaired) electrons. The van der Waals surface area contributed by atoms with Crippen LogP contribution < -0.4 is 10.6 Å². The zero-order valence-electron chi connectivity index (χ0n) is 8.86. The van der Waals surface area contributed by atoms with Gasteiger partial charge in [0.25, 0.3) is 5.91 Å². The maximum Gasteiger partial charge on any atom is 0.404 e. The van der Waals surface area contributed by atoms with E-state index in [9.17, 15) is 9.59 Å². The van der Waals surface area contributed by atoms with E-state index in [1.165, 1.54) is 6.20 Å². The lowest BCUT2D eigenvalue weighted by atomic mass is 10.2. The molecular weight excluding hydrogens is 210 g/mol. The Hall–Kier alpha value is -2.11. The number of nitrogens with zero attached hydrogens (tertiary/aromatic N) is 1. The highest BCUT2D eigenvalue weighted by molar-refractivity contribution is 5.93. The molecule has 6 heteroatoms. The first-order chi connectivity index (χ1) is 7.61. The van der Waals surface area contributed by atoms with E-state index in [0.29, 0.717) is 5.69 Å². The van der Waals surface area contributed by atoms with Gasteiger partial charge >= 0.3 is 6.09 Å². The molecule has 86 valence electrons. The molecule has 0 unspecified atom stereocenters. The first-order valence-electron chi connectivity index (χ1n) is 4.78. The van der Waals surface area contributed by atoms with Crippen molar-refractivity contribution in [2.24, 2.45) is 0 Å². The molecule has 2 amide bonds. The van der Waals surface area contributed by atoms with Crippen LogP contribution in [0.2, 0.25) is 0 Å². The Morgan fingerprint density at radius 2 is 2.06 bits per heavy atom. The van der Waals surface area contributed by atoms with Crippen molar-refractivity contribution in [3.05, 3.63) is 29.6 Å². The Kier molecular flexibility index (Phi) is 4.26. The molecule has 6 nitrogen and oxygen atoms in total. The van der Waals surface area contributed by atoms with Gasteiger partial charge in [0.15, 0.2) is 0 Å². The third-order valence-electron chi connectivity index (χ3n) is 1.91. The Balaban J connectivity index is 2.41. The van der Waals surface area contributed by atoms with E-state index in [2.05, 4.69) is 15.6 Å². The molecule has 0 fully saturated rings. The number of hydrogen-bond donors (Lipinski definition) is 3. The molecule has 0 spiro atoms. The quantitative estimate of drug-likeness (QED) is 0.644. The topological polar surface area (TPSA) is 91.3 Å². The normalized spacial score (nSPS) is 9.56. The molecule has 0 aliphatic heterocycles. The van der Waals surface area contributed by atoms with Gasteiger partial charge in [-0.15, -0.1) is 0 Å². The molecule has 0 bridgehead atoms. The minimum Gasteiger partial charge on any atom is -0.465 e. The molecule has 1 heterocycles. The van der Waals surface area contributed by atoms with Gasteiger partial charge in [0.05, 0.1) is 0 Å². The third-order valence-corrected chi connectivity index (χ3v) is 1.91. The fraction of sp³-hybridized carbons (Fsp3) is 0.300. The summed E-state index contributed by atoms with van der Waals surface area (Å²) in [5, 5.41) is 13.0. The van der Waals surface area contributed by atoms with E-state index in [-0.39, 0.29) is 19.0 Å². The van der Waals surface area contributed by atoms with Gasteiger partial charge in [-0.3, -0.25) is 9.78 Å². The SMILES string of the molecule is Cc1cccnc1C(=O)NCCNC(=O)O. The molecule has 0 atom stereocenters. The average Bonchev–Trinajstić information content (AvgIpc) is 2.24. The van der Waals surface area contributed by atoms with Crippen LogP contribution in [0.4, 0.5) is 4.79 Å². The van der Waals surface area contributed by atoms with Crippen LogP contribution in [-0.4, -0.2) is 35.2 Å². The van der Waals surface area contributed by atoms with Crippen LogP contribution in [0.25, 0.3) is 0 Å². The van der Waals surface area contributed by atoms with Crippen molar-refractivity contribution >= 4 is 12.0 Å². The molecule has 0 aromatic carbocycles. The van der Waals surface area contributed by atoms with Gasteiger partial charge in [0, 0.05) is 19.3 Å². The van der Waals surface area contributed by atoms with Crippen LogP contribution in [0, 0.1) is 6.92 Å². The van der Waals surface area contributed by atoms with Crippen molar-refractivity contribution in [1.82, 2.24) is 15.6 Å². The maximum absolute atomic E-state index is 11.6. The third kappa shape index (κ3) is 3.56. The molecule has 16 heavy (non-hydrogen) atoms. The van der Waals surface area contributed by atoms with Crippen molar-refractivity contribution in [2.45, 2.75) is 6.92 Å². The van der Waals surface area contributed by atoms with E-state index in [4.69, 9.17) is 5.11 Å². The Bertz CT molecular complexity index is 393. The largest absolute Gasteiger partial charge is 0.465 e. The van der Waals surface area contributed by atoms with E-state index >= 15 is 0 Å². The maximum atomic E-state index is 11.6. The predicted octanol–water partition coefficient (Wildman–Crippen LogP) is 0.387. The summed E-state index contributed by atoms with van der Waals surface area (Å²) in [5.74, 6) is -0.301. The zero-order chi connectivity index (χ0) is 12.0. The summed E-state index contributed by atoms with van der Waals surface area (Å²) in [6, 6.07) is 3.54. The van der Waals surface area contributed by atoms with Gasteiger partial charge in [-0.25, -0.2) is 4.79 Å². The average molecular weight is 223 g/mol. The highest BCUT2D eigenvalue weighted by Gasteiger charge is 2.08. The van der Waals surface area contributed by atoms with Gasteiger partial charge in [-0.1, -0.05) is 6.07 Å². The molecule has 0 saturated carbocycles. The van der Waals surface area contributed by atoms with Crippen molar-refractivity contribution in [1.29, 1.82) is 0 Å². The number of hydrogen-bond acceptors (Lipinski definition) is 3. The lowest BCUT2D eigenvalue weighted by molar-refractivity contribution is 0.0947. The second-order valence-corrected chi connectivity index (χ2v) is 3.16. The number of amides is 2. The fourth-order valence-electron chi connectivity index (χ4n) is 1.15. The standard InChI is InChI=1S/C10H13N3O3/c1-7-3-2-4-11-8(7)9(14)12-5-6-13-10(15)16/h2-4,13H,5-6H2,1H3,(H,12,14)(H,15,16). The van der Waals surface area contributed by atoms with Crippen LogP contribution in [0.3, 0.4) is 0 Å². The summed E-state index contributed by atoms with van der Waals surface area (Å²) < 4.78 is 0. The van der Waals surface area contributed by atoms with Crippen molar-refractivity contribution in [3.8, 4) is 0 Å². The molecular formula is C10H13N3O3. The summed E-state index contributed by atoms with van der Waals surface area (Å²) in [4.78, 5) is 25.6. The molecule has 3 N–H and O–H groups in total. The van der Waals surface area contributed by atoms with E-state index < -0.39 is 6.09 Å². The fourth-order valence-corrected chi connectivity index (χ4v) is 1.15. The molecule has 1 aromatic heterocycles. The highest BCUT2D eigenvalue weighted by Crippen LogP contribution is 2.01. The van der Waals surface area contributed by atoms with Gasteiger partial charge in [-0.2, -0.15) is 0 Å². The van der Waals surface area contributed by atoms with Gasteiger partial charge < -0.3 is 15.7 Å². The highest BCUT2D eigenvalue weighted by atomic mass is 16.4. The second kappa shape index (κ2) is 5.69. The van der Waals surface area contributed by atoms with E-state index in [0.717, 1.165) is 5.56 Å². The molecule has 1 rings (SSSR count). The number of carbonyl (C=O) groups is 2. The Labute approximate surface area is 92.7 Å². The number of pyridine rings is 1. The van der Waals surface area contributed by atoms with Gasteiger partial charge in [0.2, 0.25) is 0 Å².